The highest BCUT2D eigenvalue weighted by Gasteiger charge is 2.51. The van der Waals surface area contributed by atoms with Gasteiger partial charge in [-0.05, 0) is 31.8 Å². The van der Waals surface area contributed by atoms with Crippen LogP contribution in [0.5, 0.6) is 0 Å². The zero-order valence-corrected chi connectivity index (χ0v) is 10.6. The average Bonchev–Trinajstić information content (AvgIpc) is 2.88. The maximum atomic E-state index is 2.45. The van der Waals surface area contributed by atoms with E-state index >= 15 is 0 Å². The second kappa shape index (κ2) is 5.16. The van der Waals surface area contributed by atoms with Gasteiger partial charge in [0.1, 0.15) is 0 Å². The van der Waals surface area contributed by atoms with Crippen LogP contribution in [0.4, 0.5) is 0 Å². The highest BCUT2D eigenvalue weighted by molar-refractivity contribution is 5.04. The zero-order valence-electron chi connectivity index (χ0n) is 10.6. The Balaban J connectivity index is 2.37. The van der Waals surface area contributed by atoms with Crippen molar-refractivity contribution in [3.63, 3.8) is 0 Å². The molecule has 0 bridgehead atoms. The number of hydrogen-bond donors (Lipinski definition) is 0. The number of unbranched alkanes of at least 4 members (excludes halogenated alkanes) is 1. The lowest BCUT2D eigenvalue weighted by Gasteiger charge is -2.13. The van der Waals surface area contributed by atoms with Gasteiger partial charge >= 0.3 is 0 Å². The molecule has 1 rings (SSSR count). The van der Waals surface area contributed by atoms with Crippen LogP contribution in [-0.4, -0.2) is 25.0 Å². The second-order valence-corrected chi connectivity index (χ2v) is 5.22. The molecule has 4 unspecified atom stereocenters. The molecule has 0 N–H and O–H groups in total. The molecular formula is C13H27N. The van der Waals surface area contributed by atoms with E-state index < -0.39 is 0 Å². The predicted octanol–water partition coefficient (Wildman–Crippen LogP) is 3.40. The summed E-state index contributed by atoms with van der Waals surface area (Å²) in [6.07, 6.45) is 5.56. The van der Waals surface area contributed by atoms with Crippen LogP contribution in [0.3, 0.4) is 0 Å². The fourth-order valence-corrected chi connectivity index (χ4v) is 3.10. The molecule has 0 heterocycles. The maximum Gasteiger partial charge on any atom is 0.0155 e. The topological polar surface area (TPSA) is 3.24 Å². The van der Waals surface area contributed by atoms with E-state index in [1.807, 2.05) is 0 Å². The van der Waals surface area contributed by atoms with Crippen molar-refractivity contribution in [2.24, 2.45) is 17.8 Å². The molecule has 0 spiro atoms. The molecule has 0 saturated heterocycles. The van der Waals surface area contributed by atoms with Gasteiger partial charge in [-0.3, -0.25) is 0 Å². The molecule has 1 heteroatoms. The fourth-order valence-electron chi connectivity index (χ4n) is 3.10. The van der Waals surface area contributed by atoms with Gasteiger partial charge < -0.3 is 4.90 Å². The van der Waals surface area contributed by atoms with Crippen molar-refractivity contribution in [3.05, 3.63) is 0 Å². The molecule has 0 aromatic carbocycles. The quantitative estimate of drug-likeness (QED) is 0.631. The van der Waals surface area contributed by atoms with Gasteiger partial charge in [0.25, 0.3) is 0 Å². The smallest absolute Gasteiger partial charge is 0.0155 e. The van der Waals surface area contributed by atoms with E-state index in [1.165, 1.54) is 25.7 Å². The zero-order chi connectivity index (χ0) is 10.7. The van der Waals surface area contributed by atoms with Crippen molar-refractivity contribution in [1.82, 2.24) is 4.90 Å². The Labute approximate surface area is 89.9 Å². The first-order valence-corrected chi connectivity index (χ1v) is 6.29. The van der Waals surface area contributed by atoms with Crippen LogP contribution < -0.4 is 0 Å². The maximum absolute atomic E-state index is 2.45. The van der Waals surface area contributed by atoms with Crippen LogP contribution in [0.25, 0.3) is 0 Å². The van der Waals surface area contributed by atoms with E-state index in [1.54, 1.807) is 0 Å². The minimum absolute atomic E-state index is 0.881. The molecule has 1 fully saturated rings. The van der Waals surface area contributed by atoms with Gasteiger partial charge in [-0.2, -0.15) is 0 Å². The summed E-state index contributed by atoms with van der Waals surface area (Å²) in [5.41, 5.74) is 0. The van der Waals surface area contributed by atoms with E-state index in [0.717, 1.165) is 23.8 Å². The summed E-state index contributed by atoms with van der Waals surface area (Å²) in [6.45, 7) is 7.08. The molecule has 4 atom stereocenters. The van der Waals surface area contributed by atoms with E-state index in [2.05, 4.69) is 39.8 Å². The lowest BCUT2D eigenvalue weighted by Crippen LogP contribution is -2.18. The van der Waals surface area contributed by atoms with E-state index in [4.69, 9.17) is 0 Å². The Hall–Kier alpha value is -0.0400. The Morgan fingerprint density at radius 1 is 1.21 bits per heavy atom. The monoisotopic (exact) mass is 197 g/mol. The van der Waals surface area contributed by atoms with Gasteiger partial charge in [-0.1, -0.05) is 46.5 Å². The summed E-state index contributed by atoms with van der Waals surface area (Å²) in [7, 11) is 4.47. The summed E-state index contributed by atoms with van der Waals surface area (Å²) in [4.78, 5) is 2.43. The molecular weight excluding hydrogens is 170 g/mol. The SMILES string of the molecule is CCCCC(C)C1C(CC)C1N(C)C. The van der Waals surface area contributed by atoms with E-state index in [9.17, 15) is 0 Å². The average molecular weight is 197 g/mol. The van der Waals surface area contributed by atoms with Crippen LogP contribution >= 0.6 is 0 Å². The molecule has 1 nitrogen and oxygen atoms in total. The van der Waals surface area contributed by atoms with Gasteiger partial charge in [0, 0.05) is 6.04 Å². The van der Waals surface area contributed by atoms with E-state index in [0.29, 0.717) is 0 Å². The molecule has 0 aliphatic heterocycles. The third-order valence-corrected chi connectivity index (χ3v) is 3.92. The summed E-state index contributed by atoms with van der Waals surface area (Å²) < 4.78 is 0. The van der Waals surface area contributed by atoms with Crippen molar-refractivity contribution in [3.8, 4) is 0 Å². The summed E-state index contributed by atoms with van der Waals surface area (Å²) in [5.74, 6) is 2.91. The van der Waals surface area contributed by atoms with E-state index in [-0.39, 0.29) is 0 Å². The molecule has 0 aromatic rings. The molecule has 0 amide bonds. The van der Waals surface area contributed by atoms with Crippen molar-refractivity contribution >= 4 is 0 Å². The summed E-state index contributed by atoms with van der Waals surface area (Å²) in [5, 5.41) is 0. The molecule has 1 aliphatic rings. The standard InChI is InChI=1S/C13H27N/c1-6-8-9-10(3)12-11(7-2)13(12)14(4)5/h10-13H,6-9H2,1-5H3. The first kappa shape index (κ1) is 12.0. The lowest BCUT2D eigenvalue weighted by atomic mass is 9.97. The van der Waals surface area contributed by atoms with Gasteiger partial charge in [-0.15, -0.1) is 0 Å². The number of rotatable bonds is 6. The Morgan fingerprint density at radius 3 is 2.21 bits per heavy atom. The van der Waals surface area contributed by atoms with Crippen molar-refractivity contribution in [2.75, 3.05) is 14.1 Å². The normalized spacial score (nSPS) is 33.4. The summed E-state index contributed by atoms with van der Waals surface area (Å²) >= 11 is 0. The molecule has 84 valence electrons. The summed E-state index contributed by atoms with van der Waals surface area (Å²) in [6, 6.07) is 0.881. The first-order chi connectivity index (χ1) is 6.63. The van der Waals surface area contributed by atoms with Crippen LogP contribution in [0.15, 0.2) is 0 Å². The van der Waals surface area contributed by atoms with Gasteiger partial charge in [0.15, 0.2) is 0 Å². The highest BCUT2D eigenvalue weighted by atomic mass is 15.1. The first-order valence-electron chi connectivity index (χ1n) is 6.29. The van der Waals surface area contributed by atoms with Crippen LogP contribution in [0.2, 0.25) is 0 Å². The van der Waals surface area contributed by atoms with Crippen molar-refractivity contribution in [1.29, 1.82) is 0 Å². The molecule has 14 heavy (non-hydrogen) atoms. The van der Waals surface area contributed by atoms with Crippen LogP contribution in [0, 0.1) is 17.8 Å². The number of hydrogen-bond acceptors (Lipinski definition) is 1. The van der Waals surface area contributed by atoms with Crippen molar-refractivity contribution in [2.45, 2.75) is 52.5 Å². The minimum atomic E-state index is 0.881. The van der Waals surface area contributed by atoms with Crippen LogP contribution in [-0.2, 0) is 0 Å². The Kier molecular flexibility index (Phi) is 4.43. The molecule has 0 aromatic heterocycles. The van der Waals surface area contributed by atoms with Crippen LogP contribution in [0.1, 0.15) is 46.5 Å². The minimum Gasteiger partial charge on any atom is -0.306 e. The third kappa shape index (κ3) is 2.50. The third-order valence-electron chi connectivity index (χ3n) is 3.92. The Bertz CT molecular complexity index is 165. The predicted molar refractivity (Wildman–Crippen MR) is 63.4 cm³/mol. The Morgan fingerprint density at radius 2 is 1.86 bits per heavy atom. The fraction of sp³-hybridized carbons (Fsp3) is 1.00. The van der Waals surface area contributed by atoms with Gasteiger partial charge in [0.2, 0.25) is 0 Å². The van der Waals surface area contributed by atoms with Gasteiger partial charge in [-0.25, -0.2) is 0 Å². The molecule has 1 aliphatic carbocycles. The largest absolute Gasteiger partial charge is 0.306 e. The highest BCUT2D eigenvalue weighted by Crippen LogP contribution is 2.50. The van der Waals surface area contributed by atoms with Crippen molar-refractivity contribution < 1.29 is 0 Å². The molecule has 1 saturated carbocycles. The number of nitrogens with zero attached hydrogens (tertiary/aromatic N) is 1. The molecule has 0 radical (unpaired) electrons. The second-order valence-electron chi connectivity index (χ2n) is 5.22. The lowest BCUT2D eigenvalue weighted by molar-refractivity contribution is 0.333. The van der Waals surface area contributed by atoms with Gasteiger partial charge in [0.05, 0.1) is 0 Å².